The van der Waals surface area contributed by atoms with Crippen molar-refractivity contribution in [3.8, 4) is 5.13 Å². The van der Waals surface area contributed by atoms with Crippen LogP contribution in [0, 0.1) is 0 Å². The lowest BCUT2D eigenvalue weighted by molar-refractivity contribution is -0.143. The molecule has 0 saturated heterocycles. The van der Waals surface area contributed by atoms with Crippen molar-refractivity contribution in [2.45, 2.75) is 25.3 Å². The van der Waals surface area contributed by atoms with Crippen LogP contribution < -0.4 is 5.32 Å². The van der Waals surface area contributed by atoms with Crippen molar-refractivity contribution in [2.24, 2.45) is 0 Å². The van der Waals surface area contributed by atoms with Gasteiger partial charge in [0.15, 0.2) is 5.82 Å². The highest BCUT2D eigenvalue weighted by molar-refractivity contribution is 7.12. The molecule has 29 heavy (non-hydrogen) atoms. The number of carbonyl (C=O) groups is 1. The van der Waals surface area contributed by atoms with Crippen molar-refractivity contribution >= 4 is 17.2 Å². The number of hydrogen-bond donors (Lipinski definition) is 1. The molecule has 6 nitrogen and oxygen atoms in total. The Balaban J connectivity index is 1.90. The van der Waals surface area contributed by atoms with Gasteiger partial charge in [-0.1, -0.05) is 0 Å². The van der Waals surface area contributed by atoms with Crippen LogP contribution in [0.5, 0.6) is 0 Å². The first-order chi connectivity index (χ1) is 13.5. The number of alkyl halides is 6. The predicted octanol–water partition coefficient (Wildman–Crippen LogP) is 4.25. The van der Waals surface area contributed by atoms with Gasteiger partial charge in [-0.2, -0.15) is 36.1 Å². The monoisotopic (exact) mass is 435 g/mol. The normalized spacial score (nSPS) is 13.3. The molecule has 0 aliphatic carbocycles. The molecule has 3 aromatic rings. The Morgan fingerprint density at radius 2 is 1.69 bits per heavy atom. The van der Waals surface area contributed by atoms with Crippen LogP contribution in [0.1, 0.15) is 40.3 Å². The van der Waals surface area contributed by atoms with Crippen LogP contribution in [-0.2, 0) is 12.4 Å². The lowest BCUT2D eigenvalue weighted by Gasteiger charge is -2.16. The van der Waals surface area contributed by atoms with E-state index in [1.54, 1.807) is 5.38 Å². The van der Waals surface area contributed by atoms with E-state index in [0.717, 1.165) is 0 Å². The average molecular weight is 435 g/mol. The van der Waals surface area contributed by atoms with Gasteiger partial charge in [0.2, 0.25) is 5.13 Å². The van der Waals surface area contributed by atoms with Crippen molar-refractivity contribution in [2.75, 3.05) is 0 Å². The van der Waals surface area contributed by atoms with Crippen LogP contribution in [0.2, 0.25) is 0 Å². The van der Waals surface area contributed by atoms with Crippen molar-refractivity contribution in [1.82, 2.24) is 25.1 Å². The Morgan fingerprint density at radius 1 is 1.07 bits per heavy atom. The first-order valence-electron chi connectivity index (χ1n) is 7.87. The summed E-state index contributed by atoms with van der Waals surface area (Å²) in [6.07, 6.45) is -7.40. The van der Waals surface area contributed by atoms with E-state index >= 15 is 0 Å². The molecule has 1 amide bonds. The van der Waals surface area contributed by atoms with Gasteiger partial charge in [-0.05, 0) is 25.1 Å². The number of amides is 1. The van der Waals surface area contributed by atoms with Crippen LogP contribution in [-0.4, -0.2) is 25.7 Å². The topological polar surface area (TPSA) is 72.7 Å². The first-order valence-corrected chi connectivity index (χ1v) is 8.75. The number of benzene rings is 1. The molecule has 154 valence electrons. The highest BCUT2D eigenvalue weighted by atomic mass is 32.1. The molecule has 0 spiro atoms. The maximum atomic E-state index is 13.0. The van der Waals surface area contributed by atoms with E-state index in [9.17, 15) is 31.1 Å². The zero-order valence-electron chi connectivity index (χ0n) is 14.4. The number of halogens is 6. The molecule has 0 saturated carbocycles. The summed E-state index contributed by atoms with van der Waals surface area (Å²) in [7, 11) is 0. The second kappa shape index (κ2) is 7.46. The molecule has 13 heteroatoms. The third-order valence-corrected chi connectivity index (χ3v) is 4.51. The lowest BCUT2D eigenvalue weighted by Crippen LogP contribution is -2.29. The zero-order valence-corrected chi connectivity index (χ0v) is 15.2. The van der Waals surface area contributed by atoms with Gasteiger partial charge in [0.05, 0.1) is 17.2 Å². The summed E-state index contributed by atoms with van der Waals surface area (Å²) in [5.74, 6) is -0.917. The number of carbonyl (C=O) groups excluding carboxylic acids is 1. The van der Waals surface area contributed by atoms with E-state index in [4.69, 9.17) is 0 Å². The van der Waals surface area contributed by atoms with E-state index in [-0.39, 0.29) is 11.9 Å². The SMILES string of the molecule is C[C@H](NC(=O)c1cc(C(F)(F)F)cc(C(F)(F)F)c1)c1ncnn1-c1nccs1. The molecule has 0 aliphatic heterocycles. The maximum Gasteiger partial charge on any atom is 0.416 e. The lowest BCUT2D eigenvalue weighted by atomic mass is 10.0. The minimum absolute atomic E-state index is 0.0424. The highest BCUT2D eigenvalue weighted by Gasteiger charge is 2.37. The Kier molecular flexibility index (Phi) is 5.34. The number of nitrogens with one attached hydrogen (secondary N) is 1. The molecule has 0 unspecified atom stereocenters. The minimum atomic E-state index is -5.05. The summed E-state index contributed by atoms with van der Waals surface area (Å²) in [6.45, 7) is 1.46. The van der Waals surface area contributed by atoms with Crippen molar-refractivity contribution < 1.29 is 31.1 Å². The van der Waals surface area contributed by atoms with Crippen LogP contribution in [0.15, 0.2) is 36.1 Å². The van der Waals surface area contributed by atoms with Gasteiger partial charge in [-0.3, -0.25) is 4.79 Å². The van der Waals surface area contributed by atoms with E-state index in [1.807, 2.05) is 0 Å². The summed E-state index contributed by atoms with van der Waals surface area (Å²) < 4.78 is 79.1. The number of hydrogen-bond acceptors (Lipinski definition) is 5. The number of nitrogens with zero attached hydrogens (tertiary/aromatic N) is 4. The summed E-state index contributed by atoms with van der Waals surface area (Å²) in [5.41, 5.74) is -3.92. The Morgan fingerprint density at radius 3 is 2.21 bits per heavy atom. The fourth-order valence-corrected chi connectivity index (χ4v) is 3.05. The van der Waals surface area contributed by atoms with Gasteiger partial charge in [0.25, 0.3) is 5.91 Å². The molecule has 0 bridgehead atoms. The van der Waals surface area contributed by atoms with Crippen molar-refractivity contribution in [3.63, 3.8) is 0 Å². The van der Waals surface area contributed by atoms with Gasteiger partial charge >= 0.3 is 12.4 Å². The quantitative estimate of drug-likeness (QED) is 0.622. The number of aromatic nitrogens is 4. The first kappa shape index (κ1) is 20.8. The fraction of sp³-hybridized carbons (Fsp3) is 0.250. The van der Waals surface area contributed by atoms with Crippen LogP contribution in [0.3, 0.4) is 0 Å². The molecule has 0 aliphatic rings. The molecular weight excluding hydrogens is 424 g/mol. The van der Waals surface area contributed by atoms with Crippen LogP contribution in [0.25, 0.3) is 5.13 Å². The van der Waals surface area contributed by atoms with Gasteiger partial charge < -0.3 is 5.32 Å². The Labute approximate surface area is 163 Å². The largest absolute Gasteiger partial charge is 0.416 e. The summed E-state index contributed by atoms with van der Waals surface area (Å²) in [6, 6.07) is -0.192. The van der Waals surface area contributed by atoms with Crippen LogP contribution in [0.4, 0.5) is 26.3 Å². The van der Waals surface area contributed by atoms with Gasteiger partial charge in [0.1, 0.15) is 6.33 Å². The molecule has 0 fully saturated rings. The predicted molar refractivity (Wildman–Crippen MR) is 89.4 cm³/mol. The summed E-state index contributed by atoms with van der Waals surface area (Å²) >= 11 is 1.22. The van der Waals surface area contributed by atoms with E-state index in [1.165, 1.54) is 35.5 Å². The molecule has 2 aromatic heterocycles. The third-order valence-electron chi connectivity index (χ3n) is 3.76. The molecule has 1 atom stereocenters. The van der Waals surface area contributed by atoms with Crippen molar-refractivity contribution in [3.05, 3.63) is 58.6 Å². The van der Waals surface area contributed by atoms with Gasteiger partial charge in [-0.15, -0.1) is 11.3 Å². The number of rotatable bonds is 4. The van der Waals surface area contributed by atoms with Gasteiger partial charge in [0, 0.05) is 17.1 Å². The smallest absolute Gasteiger partial charge is 0.342 e. The molecular formula is C16H11F6N5OS. The van der Waals surface area contributed by atoms with E-state index < -0.39 is 41.0 Å². The number of thiazole rings is 1. The fourth-order valence-electron chi connectivity index (χ4n) is 2.44. The highest BCUT2D eigenvalue weighted by Crippen LogP contribution is 2.36. The molecule has 0 radical (unpaired) electrons. The summed E-state index contributed by atoms with van der Waals surface area (Å²) in [4.78, 5) is 20.4. The average Bonchev–Trinajstić information content (AvgIpc) is 3.30. The Hall–Kier alpha value is -2.96. The third kappa shape index (κ3) is 4.55. The molecule has 1 aromatic carbocycles. The standard InChI is InChI=1S/C16H11F6N5OS/c1-8(12-24-7-25-27(12)14-23-2-3-29-14)26-13(28)9-4-10(15(17,18)19)6-11(5-9)16(20,21)22/h2-8H,1H3,(H,26,28)/t8-/m0/s1. The molecule has 3 rings (SSSR count). The zero-order chi connectivity index (χ0) is 21.4. The second-order valence-electron chi connectivity index (χ2n) is 5.83. The second-order valence-corrected chi connectivity index (χ2v) is 6.71. The molecule has 1 N–H and O–H groups in total. The van der Waals surface area contributed by atoms with Crippen LogP contribution >= 0.6 is 11.3 Å². The summed E-state index contributed by atoms with van der Waals surface area (Å²) in [5, 5.41) is 8.40. The molecule has 2 heterocycles. The maximum absolute atomic E-state index is 13.0. The Bertz CT molecular complexity index is 979. The van der Waals surface area contributed by atoms with E-state index in [2.05, 4.69) is 20.4 Å². The van der Waals surface area contributed by atoms with Crippen molar-refractivity contribution in [1.29, 1.82) is 0 Å². The minimum Gasteiger partial charge on any atom is -0.342 e. The van der Waals surface area contributed by atoms with E-state index in [0.29, 0.717) is 17.3 Å². The van der Waals surface area contributed by atoms with Gasteiger partial charge in [-0.25, -0.2) is 9.97 Å².